The lowest BCUT2D eigenvalue weighted by atomic mass is 10.0. The Kier molecular flexibility index (Phi) is 5.99. The maximum atomic E-state index is 12.3. The monoisotopic (exact) mass is 347 g/mol. The summed E-state index contributed by atoms with van der Waals surface area (Å²) in [6, 6.07) is 5.86. The predicted octanol–water partition coefficient (Wildman–Crippen LogP) is 1.40. The van der Waals surface area contributed by atoms with Crippen molar-refractivity contribution in [2.45, 2.75) is 19.9 Å². The average molecular weight is 347 g/mol. The van der Waals surface area contributed by atoms with Crippen LogP contribution in [0.25, 0.3) is 0 Å². The second-order valence-electron chi connectivity index (χ2n) is 5.30. The van der Waals surface area contributed by atoms with Crippen molar-refractivity contribution >= 4 is 23.7 Å². The van der Waals surface area contributed by atoms with Crippen molar-refractivity contribution in [1.29, 1.82) is 0 Å². The van der Waals surface area contributed by atoms with Crippen LogP contribution in [0.5, 0.6) is 0 Å². The highest BCUT2D eigenvalue weighted by Gasteiger charge is 2.30. The number of esters is 2. The van der Waals surface area contributed by atoms with Crippen LogP contribution in [-0.4, -0.2) is 44.3 Å². The maximum Gasteiger partial charge on any atom is 0.340 e. The third-order valence-corrected chi connectivity index (χ3v) is 3.63. The molecule has 134 valence electrons. The maximum absolute atomic E-state index is 12.3. The minimum atomic E-state index is -0.568. The van der Waals surface area contributed by atoms with Gasteiger partial charge in [0.1, 0.15) is 6.61 Å². The van der Waals surface area contributed by atoms with E-state index in [1.165, 1.54) is 0 Å². The van der Waals surface area contributed by atoms with Crippen molar-refractivity contribution in [3.8, 4) is 0 Å². The number of carbonyl (C=O) groups excluding carboxylic acids is 3. The first-order valence-corrected chi connectivity index (χ1v) is 7.89. The molecule has 2 rings (SSSR count). The van der Waals surface area contributed by atoms with Gasteiger partial charge in [-0.25, -0.2) is 14.4 Å². The first-order valence-electron chi connectivity index (χ1n) is 7.89. The number of anilines is 1. The Labute approximate surface area is 145 Å². The third-order valence-electron chi connectivity index (χ3n) is 3.63. The van der Waals surface area contributed by atoms with Crippen molar-refractivity contribution in [1.82, 2.24) is 10.6 Å². The lowest BCUT2D eigenvalue weighted by molar-refractivity contribution is -0.139. The summed E-state index contributed by atoms with van der Waals surface area (Å²) >= 11 is 0. The van der Waals surface area contributed by atoms with E-state index >= 15 is 0 Å². The SMILES string of the molecule is CCOC(=O)C1=C(COC(=O)c2ccccc2NC)NC(=O)NC1C. The summed E-state index contributed by atoms with van der Waals surface area (Å²) in [5.41, 5.74) is 1.42. The number of benzene rings is 1. The fourth-order valence-electron chi connectivity index (χ4n) is 2.49. The van der Waals surface area contributed by atoms with E-state index in [4.69, 9.17) is 9.47 Å². The van der Waals surface area contributed by atoms with Gasteiger partial charge in [-0.3, -0.25) is 0 Å². The summed E-state index contributed by atoms with van der Waals surface area (Å²) in [5.74, 6) is -1.13. The highest BCUT2D eigenvalue weighted by molar-refractivity contribution is 5.97. The topological polar surface area (TPSA) is 106 Å². The molecule has 0 aliphatic carbocycles. The van der Waals surface area contributed by atoms with Crippen LogP contribution >= 0.6 is 0 Å². The van der Waals surface area contributed by atoms with Gasteiger partial charge in [-0.2, -0.15) is 0 Å². The third kappa shape index (κ3) is 4.28. The molecule has 1 aliphatic heterocycles. The molecule has 0 saturated heterocycles. The molecule has 0 saturated carbocycles. The second-order valence-corrected chi connectivity index (χ2v) is 5.30. The number of ether oxygens (including phenoxy) is 2. The number of amides is 2. The Morgan fingerprint density at radius 2 is 1.92 bits per heavy atom. The average Bonchev–Trinajstić information content (AvgIpc) is 2.59. The van der Waals surface area contributed by atoms with E-state index in [9.17, 15) is 14.4 Å². The molecule has 8 heteroatoms. The van der Waals surface area contributed by atoms with Gasteiger partial charge in [-0.05, 0) is 26.0 Å². The van der Waals surface area contributed by atoms with Crippen LogP contribution in [0.4, 0.5) is 10.5 Å². The van der Waals surface area contributed by atoms with Gasteiger partial charge in [-0.15, -0.1) is 0 Å². The zero-order chi connectivity index (χ0) is 18.4. The molecular weight excluding hydrogens is 326 g/mol. The molecular formula is C17H21N3O5. The molecule has 1 aromatic carbocycles. The van der Waals surface area contributed by atoms with Gasteiger partial charge in [0.2, 0.25) is 0 Å². The highest BCUT2D eigenvalue weighted by atomic mass is 16.5. The molecule has 1 heterocycles. The Bertz CT molecular complexity index is 714. The molecule has 0 bridgehead atoms. The van der Waals surface area contributed by atoms with Crippen molar-refractivity contribution in [3.63, 3.8) is 0 Å². The van der Waals surface area contributed by atoms with Gasteiger partial charge in [0, 0.05) is 12.7 Å². The summed E-state index contributed by atoms with van der Waals surface area (Å²) in [5, 5.41) is 7.99. The number of rotatable bonds is 6. The minimum absolute atomic E-state index is 0.200. The van der Waals surface area contributed by atoms with E-state index in [1.807, 2.05) is 0 Å². The molecule has 2 amide bonds. The van der Waals surface area contributed by atoms with E-state index in [0.29, 0.717) is 11.3 Å². The molecule has 1 aliphatic rings. The van der Waals surface area contributed by atoms with E-state index in [2.05, 4.69) is 16.0 Å². The standard InChI is InChI=1S/C17H21N3O5/c1-4-24-16(22)14-10(2)19-17(23)20-13(14)9-25-15(21)11-7-5-6-8-12(11)18-3/h5-8,10,18H,4,9H2,1-3H3,(H2,19,20,23). The van der Waals surface area contributed by atoms with Crippen LogP contribution in [0.3, 0.4) is 0 Å². The van der Waals surface area contributed by atoms with Crippen LogP contribution in [0, 0.1) is 0 Å². The van der Waals surface area contributed by atoms with Crippen molar-refractivity contribution in [3.05, 3.63) is 41.1 Å². The lowest BCUT2D eigenvalue weighted by Gasteiger charge is -2.26. The molecule has 0 aromatic heterocycles. The number of carbonyl (C=O) groups is 3. The minimum Gasteiger partial charge on any atom is -0.463 e. The molecule has 1 atom stereocenters. The van der Waals surface area contributed by atoms with Gasteiger partial charge in [0.15, 0.2) is 0 Å². The van der Waals surface area contributed by atoms with Gasteiger partial charge >= 0.3 is 18.0 Å². The molecule has 0 radical (unpaired) electrons. The summed E-state index contributed by atoms with van der Waals surface area (Å²) in [7, 11) is 1.70. The predicted molar refractivity (Wildman–Crippen MR) is 91.1 cm³/mol. The van der Waals surface area contributed by atoms with E-state index in [-0.39, 0.29) is 24.5 Å². The fraction of sp³-hybridized carbons (Fsp3) is 0.353. The zero-order valence-corrected chi connectivity index (χ0v) is 14.3. The summed E-state index contributed by atoms with van der Waals surface area (Å²) in [6.07, 6.45) is 0. The van der Waals surface area contributed by atoms with Crippen LogP contribution in [0.1, 0.15) is 24.2 Å². The van der Waals surface area contributed by atoms with Gasteiger partial charge in [-0.1, -0.05) is 12.1 Å². The van der Waals surface area contributed by atoms with Crippen LogP contribution in [0.15, 0.2) is 35.5 Å². The van der Waals surface area contributed by atoms with E-state index < -0.39 is 24.0 Å². The second kappa shape index (κ2) is 8.18. The first kappa shape index (κ1) is 18.3. The quantitative estimate of drug-likeness (QED) is 0.672. The summed E-state index contributed by atoms with van der Waals surface area (Å²) < 4.78 is 10.3. The van der Waals surface area contributed by atoms with Gasteiger partial charge in [0.05, 0.1) is 29.5 Å². The number of para-hydroxylation sites is 1. The fourth-order valence-corrected chi connectivity index (χ4v) is 2.49. The highest BCUT2D eigenvalue weighted by Crippen LogP contribution is 2.18. The number of hydrogen-bond acceptors (Lipinski definition) is 6. The first-order chi connectivity index (χ1) is 12.0. The zero-order valence-electron chi connectivity index (χ0n) is 14.3. The van der Waals surface area contributed by atoms with Crippen LogP contribution in [0.2, 0.25) is 0 Å². The van der Waals surface area contributed by atoms with Crippen molar-refractivity contribution in [2.75, 3.05) is 25.6 Å². The summed E-state index contributed by atoms with van der Waals surface area (Å²) in [6.45, 7) is 3.30. The molecule has 8 nitrogen and oxygen atoms in total. The van der Waals surface area contributed by atoms with Crippen LogP contribution < -0.4 is 16.0 Å². The van der Waals surface area contributed by atoms with Crippen LogP contribution in [-0.2, 0) is 14.3 Å². The molecule has 0 fully saturated rings. The lowest BCUT2D eigenvalue weighted by Crippen LogP contribution is -2.50. The molecule has 0 spiro atoms. The van der Waals surface area contributed by atoms with Crippen molar-refractivity contribution < 1.29 is 23.9 Å². The molecule has 3 N–H and O–H groups in total. The molecule has 1 unspecified atom stereocenters. The molecule has 25 heavy (non-hydrogen) atoms. The van der Waals surface area contributed by atoms with Gasteiger partial charge in [0.25, 0.3) is 0 Å². The number of nitrogens with one attached hydrogen (secondary N) is 3. The number of hydrogen-bond donors (Lipinski definition) is 3. The molecule has 1 aromatic rings. The van der Waals surface area contributed by atoms with Gasteiger partial charge < -0.3 is 25.4 Å². The largest absolute Gasteiger partial charge is 0.463 e. The Balaban J connectivity index is 2.20. The normalized spacial score (nSPS) is 16.6. The smallest absolute Gasteiger partial charge is 0.340 e. The number of urea groups is 1. The Morgan fingerprint density at radius 1 is 1.20 bits per heavy atom. The van der Waals surface area contributed by atoms with E-state index in [1.54, 1.807) is 45.2 Å². The van der Waals surface area contributed by atoms with Crippen molar-refractivity contribution in [2.24, 2.45) is 0 Å². The summed E-state index contributed by atoms with van der Waals surface area (Å²) in [4.78, 5) is 36.1. The Morgan fingerprint density at radius 3 is 2.60 bits per heavy atom. The van der Waals surface area contributed by atoms with E-state index in [0.717, 1.165) is 0 Å². The Hall–Kier alpha value is -3.03.